The average molecular weight is 364 g/mol. The Kier molecular flexibility index (Phi) is 5.89. The fourth-order valence-corrected chi connectivity index (χ4v) is 2.45. The molecule has 3 aromatic rings. The number of aryl methyl sites for hydroxylation is 1. The van der Waals surface area contributed by atoms with Crippen molar-refractivity contribution < 1.29 is 13.9 Å². The van der Waals surface area contributed by atoms with Gasteiger partial charge in [-0.05, 0) is 23.8 Å². The van der Waals surface area contributed by atoms with Gasteiger partial charge in [-0.3, -0.25) is 9.59 Å². The molecule has 0 saturated heterocycles. The molecule has 2 aromatic heterocycles. The summed E-state index contributed by atoms with van der Waals surface area (Å²) < 4.78 is 12.5. The zero-order chi connectivity index (χ0) is 19.1. The summed E-state index contributed by atoms with van der Waals surface area (Å²) in [6.07, 6.45) is 6.13. The summed E-state index contributed by atoms with van der Waals surface area (Å²) in [5.74, 6) is 0.592. The largest absolute Gasteiger partial charge is 0.483 e. The van der Waals surface area contributed by atoms with Gasteiger partial charge in [0, 0.05) is 24.9 Å². The standard InChI is InChI=1S/C21H20N2O4/c1-23-14-20(27-15-16-6-3-2-4-7-16)19(24)12-17(23)13-22-21(25)10-9-18-8-5-11-26-18/h2-12,14H,13,15H2,1H3,(H,22,25)/b10-9+. The van der Waals surface area contributed by atoms with Crippen LogP contribution in [0.25, 0.3) is 6.08 Å². The molecule has 0 atom stereocenters. The van der Waals surface area contributed by atoms with Crippen LogP contribution in [-0.2, 0) is 25.0 Å². The van der Waals surface area contributed by atoms with E-state index >= 15 is 0 Å². The fraction of sp³-hybridized carbons (Fsp3) is 0.143. The van der Waals surface area contributed by atoms with Crippen molar-refractivity contribution >= 4 is 12.0 Å². The molecule has 1 amide bonds. The van der Waals surface area contributed by atoms with Crippen molar-refractivity contribution in [1.29, 1.82) is 0 Å². The number of amides is 1. The minimum atomic E-state index is -0.275. The Balaban J connectivity index is 1.59. The molecule has 6 heteroatoms. The molecule has 0 bridgehead atoms. The molecule has 0 aliphatic carbocycles. The highest BCUT2D eigenvalue weighted by Gasteiger charge is 2.07. The zero-order valence-corrected chi connectivity index (χ0v) is 14.9. The molecule has 3 rings (SSSR count). The quantitative estimate of drug-likeness (QED) is 0.654. The van der Waals surface area contributed by atoms with E-state index in [0.29, 0.717) is 18.1 Å². The van der Waals surface area contributed by atoms with Gasteiger partial charge in [0.2, 0.25) is 11.3 Å². The van der Waals surface area contributed by atoms with E-state index in [4.69, 9.17) is 9.15 Å². The molecule has 2 heterocycles. The van der Waals surface area contributed by atoms with Gasteiger partial charge >= 0.3 is 0 Å². The molecular weight excluding hydrogens is 344 g/mol. The molecule has 0 aliphatic heterocycles. The average Bonchev–Trinajstić information content (AvgIpc) is 3.20. The molecule has 1 aromatic carbocycles. The normalized spacial score (nSPS) is 10.9. The maximum absolute atomic E-state index is 12.3. The first-order chi connectivity index (χ1) is 13.1. The zero-order valence-electron chi connectivity index (χ0n) is 14.9. The van der Waals surface area contributed by atoms with Crippen molar-refractivity contribution in [2.45, 2.75) is 13.2 Å². The summed E-state index contributed by atoms with van der Waals surface area (Å²) in [6.45, 7) is 0.551. The van der Waals surface area contributed by atoms with Gasteiger partial charge in [-0.15, -0.1) is 0 Å². The van der Waals surface area contributed by atoms with E-state index in [0.717, 1.165) is 5.56 Å². The third-order valence-corrected chi connectivity index (χ3v) is 3.93. The van der Waals surface area contributed by atoms with Gasteiger partial charge in [0.05, 0.1) is 19.0 Å². The summed E-state index contributed by atoms with van der Waals surface area (Å²) in [6, 6.07) is 14.6. The smallest absolute Gasteiger partial charge is 0.244 e. The van der Waals surface area contributed by atoms with Gasteiger partial charge < -0.3 is 19.0 Å². The maximum Gasteiger partial charge on any atom is 0.244 e. The second kappa shape index (κ2) is 8.71. The van der Waals surface area contributed by atoms with E-state index < -0.39 is 0 Å². The van der Waals surface area contributed by atoms with Gasteiger partial charge in [-0.2, -0.15) is 0 Å². The molecule has 0 fully saturated rings. The summed E-state index contributed by atoms with van der Waals surface area (Å²) in [5.41, 5.74) is 1.44. The number of hydrogen-bond acceptors (Lipinski definition) is 4. The predicted molar refractivity (Wildman–Crippen MR) is 102 cm³/mol. The first kappa shape index (κ1) is 18.3. The van der Waals surface area contributed by atoms with Crippen molar-refractivity contribution in [1.82, 2.24) is 9.88 Å². The lowest BCUT2D eigenvalue weighted by atomic mass is 10.2. The van der Waals surface area contributed by atoms with Crippen molar-refractivity contribution in [3.05, 3.63) is 94.3 Å². The minimum absolute atomic E-state index is 0.223. The van der Waals surface area contributed by atoms with Gasteiger partial charge in [0.15, 0.2) is 5.75 Å². The van der Waals surface area contributed by atoms with Crippen LogP contribution in [0.2, 0.25) is 0 Å². The lowest BCUT2D eigenvalue weighted by Gasteiger charge is -2.12. The molecular formula is C21H20N2O4. The van der Waals surface area contributed by atoms with Crippen LogP contribution in [0, 0.1) is 0 Å². The van der Waals surface area contributed by atoms with Crippen LogP contribution < -0.4 is 15.5 Å². The van der Waals surface area contributed by atoms with Gasteiger partial charge in [-0.25, -0.2) is 0 Å². The van der Waals surface area contributed by atoms with Gasteiger partial charge in [0.25, 0.3) is 0 Å². The fourth-order valence-electron chi connectivity index (χ4n) is 2.45. The number of hydrogen-bond donors (Lipinski definition) is 1. The van der Waals surface area contributed by atoms with Gasteiger partial charge in [-0.1, -0.05) is 30.3 Å². The first-order valence-corrected chi connectivity index (χ1v) is 8.47. The highest BCUT2D eigenvalue weighted by molar-refractivity contribution is 5.91. The van der Waals surface area contributed by atoms with Gasteiger partial charge in [0.1, 0.15) is 12.4 Å². The Morgan fingerprint density at radius 2 is 2.04 bits per heavy atom. The number of furan rings is 1. The summed E-state index contributed by atoms with van der Waals surface area (Å²) in [5, 5.41) is 2.74. The predicted octanol–water partition coefficient (Wildman–Crippen LogP) is 2.89. The van der Waals surface area contributed by atoms with Crippen molar-refractivity contribution in [2.75, 3.05) is 0 Å². The molecule has 27 heavy (non-hydrogen) atoms. The van der Waals surface area contributed by atoms with Crippen LogP contribution in [0.1, 0.15) is 17.0 Å². The van der Waals surface area contributed by atoms with E-state index in [9.17, 15) is 9.59 Å². The number of ether oxygens (including phenoxy) is 1. The van der Waals surface area contributed by atoms with Crippen molar-refractivity contribution in [3.8, 4) is 5.75 Å². The Morgan fingerprint density at radius 1 is 1.22 bits per heavy atom. The summed E-state index contributed by atoms with van der Waals surface area (Å²) in [4.78, 5) is 24.1. The number of aromatic nitrogens is 1. The number of nitrogens with zero attached hydrogens (tertiary/aromatic N) is 1. The molecule has 0 radical (unpaired) electrons. The summed E-state index contributed by atoms with van der Waals surface area (Å²) in [7, 11) is 1.80. The number of benzene rings is 1. The number of carbonyl (C=O) groups excluding carboxylic acids is 1. The molecule has 1 N–H and O–H groups in total. The number of pyridine rings is 1. The first-order valence-electron chi connectivity index (χ1n) is 8.47. The van der Waals surface area contributed by atoms with E-state index in [-0.39, 0.29) is 23.6 Å². The van der Waals surface area contributed by atoms with E-state index in [2.05, 4.69) is 5.32 Å². The Labute approximate surface area is 156 Å². The summed E-state index contributed by atoms with van der Waals surface area (Å²) >= 11 is 0. The molecule has 0 unspecified atom stereocenters. The molecule has 6 nitrogen and oxygen atoms in total. The Morgan fingerprint density at radius 3 is 2.78 bits per heavy atom. The van der Waals surface area contributed by atoms with Crippen LogP contribution >= 0.6 is 0 Å². The van der Waals surface area contributed by atoms with E-state index in [1.54, 1.807) is 36.0 Å². The van der Waals surface area contributed by atoms with Crippen LogP contribution in [0.5, 0.6) is 5.75 Å². The number of carbonyl (C=O) groups is 1. The highest BCUT2D eigenvalue weighted by Crippen LogP contribution is 2.09. The van der Waals surface area contributed by atoms with Crippen molar-refractivity contribution in [3.63, 3.8) is 0 Å². The van der Waals surface area contributed by atoms with Crippen LogP contribution in [0.15, 0.2) is 76.3 Å². The molecule has 0 spiro atoms. The number of nitrogens with one attached hydrogen (secondary N) is 1. The minimum Gasteiger partial charge on any atom is -0.483 e. The Hall–Kier alpha value is -3.54. The highest BCUT2D eigenvalue weighted by atomic mass is 16.5. The number of rotatable bonds is 7. The van der Waals surface area contributed by atoms with Crippen LogP contribution in [-0.4, -0.2) is 10.5 Å². The molecule has 0 aliphatic rings. The second-order valence-electron chi connectivity index (χ2n) is 5.95. The monoisotopic (exact) mass is 364 g/mol. The van der Waals surface area contributed by atoms with Crippen LogP contribution in [0.3, 0.4) is 0 Å². The lowest BCUT2D eigenvalue weighted by molar-refractivity contribution is -0.116. The van der Waals surface area contributed by atoms with Crippen LogP contribution in [0.4, 0.5) is 0 Å². The van der Waals surface area contributed by atoms with E-state index in [1.807, 2.05) is 30.3 Å². The second-order valence-corrected chi connectivity index (χ2v) is 5.95. The van der Waals surface area contributed by atoms with Crippen molar-refractivity contribution in [2.24, 2.45) is 7.05 Å². The maximum atomic E-state index is 12.3. The molecule has 138 valence electrons. The van der Waals surface area contributed by atoms with E-state index in [1.165, 1.54) is 18.4 Å². The third-order valence-electron chi connectivity index (χ3n) is 3.93. The third kappa shape index (κ3) is 5.22. The Bertz CT molecular complexity index is 973. The topological polar surface area (TPSA) is 73.5 Å². The lowest BCUT2D eigenvalue weighted by Crippen LogP contribution is -2.24. The molecule has 0 saturated carbocycles. The SMILES string of the molecule is Cn1cc(OCc2ccccc2)c(=O)cc1CNC(=O)/C=C/c1ccco1.